The number of oxazole rings is 1. The summed E-state index contributed by atoms with van der Waals surface area (Å²) in [5.41, 5.74) is 1.39. The van der Waals surface area contributed by atoms with Gasteiger partial charge in [-0.25, -0.2) is 4.98 Å². The van der Waals surface area contributed by atoms with Crippen molar-refractivity contribution in [2.24, 2.45) is 0 Å². The van der Waals surface area contributed by atoms with Crippen LogP contribution < -0.4 is 4.74 Å². The Morgan fingerprint density at radius 3 is 2.26 bits per heavy atom. The van der Waals surface area contributed by atoms with Crippen LogP contribution in [-0.4, -0.2) is 15.2 Å². The molecule has 0 aliphatic carbocycles. The van der Waals surface area contributed by atoms with Gasteiger partial charge in [-0.2, -0.15) is 0 Å². The Balaban J connectivity index is 1.56. The van der Waals surface area contributed by atoms with Crippen LogP contribution in [0.3, 0.4) is 0 Å². The van der Waals surface area contributed by atoms with E-state index in [4.69, 9.17) is 9.15 Å². The van der Waals surface area contributed by atoms with Gasteiger partial charge in [0.05, 0.1) is 10.7 Å². The van der Waals surface area contributed by atoms with E-state index in [1.807, 2.05) is 54.6 Å². The molecule has 2 N–H and O–H groups in total. The van der Waals surface area contributed by atoms with E-state index in [1.165, 1.54) is 6.07 Å². The third-order valence-electron chi connectivity index (χ3n) is 3.91. The van der Waals surface area contributed by atoms with Crippen molar-refractivity contribution in [2.75, 3.05) is 0 Å². The first-order valence-corrected chi connectivity index (χ1v) is 8.90. The van der Waals surface area contributed by atoms with Crippen LogP contribution in [0.1, 0.15) is 0 Å². The lowest BCUT2D eigenvalue weighted by molar-refractivity contribution is 0.401. The number of aromatic nitrogens is 1. The van der Waals surface area contributed by atoms with Crippen molar-refractivity contribution in [3.05, 3.63) is 77.4 Å². The van der Waals surface area contributed by atoms with E-state index in [1.54, 1.807) is 12.3 Å². The molecule has 6 heteroatoms. The van der Waals surface area contributed by atoms with Gasteiger partial charge in [0, 0.05) is 11.1 Å². The van der Waals surface area contributed by atoms with Gasteiger partial charge in [0.1, 0.15) is 11.5 Å². The van der Waals surface area contributed by atoms with Crippen LogP contribution in [0.15, 0.2) is 81.8 Å². The molecule has 0 saturated heterocycles. The van der Waals surface area contributed by atoms with E-state index in [0.29, 0.717) is 21.7 Å². The number of aromatic hydroxyl groups is 2. The smallest absolute Gasteiger partial charge is 0.226 e. The zero-order valence-corrected chi connectivity index (χ0v) is 15.6. The second-order valence-corrected chi connectivity index (χ2v) is 6.65. The van der Waals surface area contributed by atoms with Crippen molar-refractivity contribution in [1.82, 2.24) is 4.98 Å². The number of benzene rings is 3. The van der Waals surface area contributed by atoms with Gasteiger partial charge < -0.3 is 19.4 Å². The Hall–Kier alpha value is -3.25. The lowest BCUT2D eigenvalue weighted by Crippen LogP contribution is -1.83. The number of rotatable bonds is 4. The Labute approximate surface area is 163 Å². The second kappa shape index (κ2) is 7.17. The number of hydrogen-bond acceptors (Lipinski definition) is 5. The molecule has 0 radical (unpaired) electrons. The molecule has 0 spiro atoms. The van der Waals surface area contributed by atoms with Gasteiger partial charge in [0.25, 0.3) is 0 Å². The van der Waals surface area contributed by atoms with E-state index >= 15 is 0 Å². The van der Waals surface area contributed by atoms with Gasteiger partial charge in [-0.05, 0) is 64.5 Å². The monoisotopic (exact) mass is 423 g/mol. The Morgan fingerprint density at radius 2 is 1.56 bits per heavy atom. The fourth-order valence-corrected chi connectivity index (χ4v) is 3.01. The SMILES string of the molecule is Oc1cc(-c2ncc(-c3ccc(Oc4ccccc4)cc3)o2)cc(Br)c1O. The fourth-order valence-electron chi connectivity index (χ4n) is 2.56. The average Bonchev–Trinajstić information content (AvgIpc) is 3.17. The summed E-state index contributed by atoms with van der Waals surface area (Å²) in [5, 5.41) is 19.4. The predicted octanol–water partition coefficient (Wildman–Crippen LogP) is 5.97. The average molecular weight is 424 g/mol. The first-order valence-electron chi connectivity index (χ1n) is 8.11. The number of hydrogen-bond donors (Lipinski definition) is 2. The van der Waals surface area contributed by atoms with Crippen LogP contribution in [-0.2, 0) is 0 Å². The summed E-state index contributed by atoms with van der Waals surface area (Å²) in [6, 6.07) is 20.0. The molecule has 1 aromatic heterocycles. The van der Waals surface area contributed by atoms with Gasteiger partial charge >= 0.3 is 0 Å². The fraction of sp³-hybridized carbons (Fsp3) is 0. The van der Waals surface area contributed by atoms with Gasteiger partial charge in [-0.1, -0.05) is 18.2 Å². The molecule has 134 valence electrons. The van der Waals surface area contributed by atoms with Gasteiger partial charge in [-0.15, -0.1) is 0 Å². The molecule has 0 aliphatic heterocycles. The molecule has 0 aliphatic rings. The number of nitrogens with zero attached hydrogens (tertiary/aromatic N) is 1. The van der Waals surface area contributed by atoms with E-state index in [9.17, 15) is 10.2 Å². The minimum absolute atomic E-state index is 0.223. The highest BCUT2D eigenvalue weighted by Gasteiger charge is 2.13. The van der Waals surface area contributed by atoms with Crippen molar-refractivity contribution in [3.63, 3.8) is 0 Å². The predicted molar refractivity (Wildman–Crippen MR) is 105 cm³/mol. The quantitative estimate of drug-likeness (QED) is 0.395. The number of phenols is 2. The Kier molecular flexibility index (Phi) is 4.56. The first kappa shape index (κ1) is 17.2. The number of para-hydroxylation sites is 1. The summed E-state index contributed by atoms with van der Waals surface area (Å²) < 4.78 is 11.9. The molecule has 0 atom stereocenters. The van der Waals surface area contributed by atoms with Crippen molar-refractivity contribution >= 4 is 15.9 Å². The Bertz CT molecular complexity index is 1050. The standard InChI is InChI=1S/C21H14BrNO4/c22-17-10-14(11-18(24)20(17)25)21-23-12-19(27-21)13-6-8-16(9-7-13)26-15-4-2-1-3-5-15/h1-12,24-25H. The summed E-state index contributed by atoms with van der Waals surface area (Å²) in [5.74, 6) is 1.94. The van der Waals surface area contributed by atoms with Crippen molar-refractivity contribution in [1.29, 1.82) is 0 Å². The molecule has 1 heterocycles. The Morgan fingerprint density at radius 1 is 0.852 bits per heavy atom. The molecule has 27 heavy (non-hydrogen) atoms. The molecule has 0 unspecified atom stereocenters. The van der Waals surface area contributed by atoms with Crippen LogP contribution in [0.5, 0.6) is 23.0 Å². The molecule has 0 amide bonds. The van der Waals surface area contributed by atoms with Gasteiger partial charge in [-0.3, -0.25) is 0 Å². The van der Waals surface area contributed by atoms with E-state index in [0.717, 1.165) is 17.1 Å². The summed E-state index contributed by atoms with van der Waals surface area (Å²) in [7, 11) is 0. The van der Waals surface area contributed by atoms with Crippen LogP contribution in [0.2, 0.25) is 0 Å². The van der Waals surface area contributed by atoms with Crippen molar-refractivity contribution in [3.8, 4) is 45.8 Å². The van der Waals surface area contributed by atoms with Crippen molar-refractivity contribution in [2.45, 2.75) is 0 Å². The van der Waals surface area contributed by atoms with Gasteiger partial charge in [0.2, 0.25) is 5.89 Å². The zero-order valence-electron chi connectivity index (χ0n) is 14.0. The normalized spacial score (nSPS) is 10.7. The molecule has 0 saturated carbocycles. The molecular weight excluding hydrogens is 410 g/mol. The summed E-state index contributed by atoms with van der Waals surface area (Å²) in [6.07, 6.45) is 1.61. The van der Waals surface area contributed by atoms with Crippen LogP contribution in [0, 0.1) is 0 Å². The molecule has 5 nitrogen and oxygen atoms in total. The second-order valence-electron chi connectivity index (χ2n) is 5.79. The number of ether oxygens (including phenoxy) is 1. The van der Waals surface area contributed by atoms with E-state index in [2.05, 4.69) is 20.9 Å². The number of phenolic OH excluding ortho intramolecular Hbond substituents is 2. The molecular formula is C21H14BrNO4. The highest BCUT2D eigenvalue weighted by molar-refractivity contribution is 9.10. The summed E-state index contributed by atoms with van der Waals surface area (Å²) in [4.78, 5) is 4.25. The molecule has 4 rings (SSSR count). The number of halogens is 1. The largest absolute Gasteiger partial charge is 0.504 e. The molecule has 4 aromatic rings. The third kappa shape index (κ3) is 3.66. The molecule has 0 fully saturated rings. The maximum absolute atomic E-state index is 9.75. The maximum atomic E-state index is 9.75. The summed E-state index contributed by atoms with van der Waals surface area (Å²) in [6.45, 7) is 0. The topological polar surface area (TPSA) is 75.7 Å². The maximum Gasteiger partial charge on any atom is 0.226 e. The van der Waals surface area contributed by atoms with Crippen LogP contribution >= 0.6 is 15.9 Å². The lowest BCUT2D eigenvalue weighted by atomic mass is 10.2. The highest BCUT2D eigenvalue weighted by atomic mass is 79.9. The molecule has 0 bridgehead atoms. The van der Waals surface area contributed by atoms with Crippen LogP contribution in [0.25, 0.3) is 22.8 Å². The third-order valence-corrected chi connectivity index (χ3v) is 4.52. The van der Waals surface area contributed by atoms with Crippen molar-refractivity contribution < 1.29 is 19.4 Å². The van der Waals surface area contributed by atoms with E-state index < -0.39 is 0 Å². The highest BCUT2D eigenvalue weighted by Crippen LogP contribution is 2.38. The van der Waals surface area contributed by atoms with Gasteiger partial charge in [0.15, 0.2) is 17.3 Å². The molecule has 3 aromatic carbocycles. The first-order chi connectivity index (χ1) is 13.1. The van der Waals surface area contributed by atoms with E-state index in [-0.39, 0.29) is 11.5 Å². The zero-order chi connectivity index (χ0) is 18.8. The lowest BCUT2D eigenvalue weighted by Gasteiger charge is -2.05. The summed E-state index contributed by atoms with van der Waals surface area (Å²) >= 11 is 3.19. The minimum atomic E-state index is -0.249. The van der Waals surface area contributed by atoms with Crippen LogP contribution in [0.4, 0.5) is 0 Å². The minimum Gasteiger partial charge on any atom is -0.504 e.